The lowest BCUT2D eigenvalue weighted by Crippen LogP contribution is -2.18. The highest BCUT2D eigenvalue weighted by atomic mass is 32.2. The van der Waals surface area contributed by atoms with Crippen LogP contribution in [-0.2, 0) is 14.6 Å². The van der Waals surface area contributed by atoms with Gasteiger partial charge in [0.15, 0.2) is 9.84 Å². The zero-order valence-electron chi connectivity index (χ0n) is 7.36. The molecule has 0 saturated heterocycles. The molecular weight excluding hydrogens is 192 g/mol. The van der Waals surface area contributed by atoms with Crippen LogP contribution < -0.4 is 0 Å². The third kappa shape index (κ3) is 2.09. The number of carboxylic acid groups (broad SMARTS) is 1. The van der Waals surface area contributed by atoms with Crippen molar-refractivity contribution in [3.05, 3.63) is 12.2 Å². The standard InChI is InChI=1S/C8H12O4S/c1-5-3-6(13(2,11)12)4-7(5)8(9)10/h6-7H,1,3-4H2,2H3,(H,9,10)/t6-,7-/m0/s1. The Hall–Kier alpha value is -0.840. The summed E-state index contributed by atoms with van der Waals surface area (Å²) in [6.45, 7) is 3.58. The van der Waals surface area contributed by atoms with Gasteiger partial charge in [-0.15, -0.1) is 0 Å². The van der Waals surface area contributed by atoms with E-state index in [9.17, 15) is 13.2 Å². The Morgan fingerprint density at radius 1 is 1.62 bits per heavy atom. The van der Waals surface area contributed by atoms with Gasteiger partial charge in [0.2, 0.25) is 0 Å². The lowest BCUT2D eigenvalue weighted by atomic mass is 10.1. The van der Waals surface area contributed by atoms with Gasteiger partial charge in [0, 0.05) is 6.26 Å². The number of sulfone groups is 1. The zero-order valence-corrected chi connectivity index (χ0v) is 8.17. The molecule has 0 bridgehead atoms. The van der Waals surface area contributed by atoms with Crippen LogP contribution in [0.5, 0.6) is 0 Å². The summed E-state index contributed by atoms with van der Waals surface area (Å²) in [5.41, 5.74) is 0.517. The Morgan fingerprint density at radius 3 is 2.38 bits per heavy atom. The third-order valence-corrected chi connectivity index (χ3v) is 3.95. The largest absolute Gasteiger partial charge is 0.481 e. The minimum absolute atomic E-state index is 0.174. The topological polar surface area (TPSA) is 71.4 Å². The lowest BCUT2D eigenvalue weighted by molar-refractivity contribution is -0.140. The average Bonchev–Trinajstić information content (AvgIpc) is 2.29. The molecule has 13 heavy (non-hydrogen) atoms. The highest BCUT2D eigenvalue weighted by Gasteiger charge is 2.37. The van der Waals surface area contributed by atoms with Crippen molar-refractivity contribution >= 4 is 15.8 Å². The fourth-order valence-electron chi connectivity index (χ4n) is 1.55. The molecule has 0 aliphatic heterocycles. The molecule has 0 radical (unpaired) electrons. The Labute approximate surface area is 77.2 Å². The first kappa shape index (κ1) is 10.2. The quantitative estimate of drug-likeness (QED) is 0.663. The van der Waals surface area contributed by atoms with E-state index >= 15 is 0 Å². The van der Waals surface area contributed by atoms with Crippen LogP contribution in [-0.4, -0.2) is 31.0 Å². The molecule has 4 nitrogen and oxygen atoms in total. The maximum absolute atomic E-state index is 11.1. The van der Waals surface area contributed by atoms with E-state index in [0.29, 0.717) is 5.57 Å². The summed E-state index contributed by atoms with van der Waals surface area (Å²) in [5.74, 6) is -1.66. The number of aliphatic carboxylic acids is 1. The molecule has 0 spiro atoms. The molecule has 0 heterocycles. The zero-order chi connectivity index (χ0) is 10.2. The molecule has 1 aliphatic rings. The summed E-state index contributed by atoms with van der Waals surface area (Å²) in [6, 6.07) is 0. The first-order valence-corrected chi connectivity index (χ1v) is 5.87. The molecule has 0 aromatic rings. The number of hydrogen-bond acceptors (Lipinski definition) is 3. The van der Waals surface area contributed by atoms with Crippen LogP contribution in [0.3, 0.4) is 0 Å². The Balaban J connectivity index is 2.83. The van der Waals surface area contributed by atoms with Crippen molar-refractivity contribution in [2.45, 2.75) is 18.1 Å². The molecular formula is C8H12O4S. The Morgan fingerprint density at radius 2 is 2.15 bits per heavy atom. The molecule has 74 valence electrons. The second kappa shape index (κ2) is 3.14. The van der Waals surface area contributed by atoms with Crippen LogP contribution in [0.2, 0.25) is 0 Å². The van der Waals surface area contributed by atoms with Crippen LogP contribution in [0.1, 0.15) is 12.8 Å². The van der Waals surface area contributed by atoms with Gasteiger partial charge in [-0.1, -0.05) is 12.2 Å². The SMILES string of the molecule is C=C1C[C@H](S(C)(=O)=O)C[C@@H]1C(=O)O. The van der Waals surface area contributed by atoms with E-state index in [1.165, 1.54) is 0 Å². The molecule has 0 aromatic heterocycles. The summed E-state index contributed by atoms with van der Waals surface area (Å²) in [5, 5.41) is 8.16. The Bertz CT molecular complexity index is 341. The van der Waals surface area contributed by atoms with Gasteiger partial charge in [-0.3, -0.25) is 4.79 Å². The molecule has 0 amide bonds. The second-order valence-electron chi connectivity index (χ2n) is 3.44. The molecule has 0 aromatic carbocycles. The first-order valence-electron chi connectivity index (χ1n) is 3.91. The van der Waals surface area contributed by atoms with Gasteiger partial charge < -0.3 is 5.11 Å². The van der Waals surface area contributed by atoms with Gasteiger partial charge in [0.05, 0.1) is 11.2 Å². The third-order valence-electron chi connectivity index (χ3n) is 2.38. The van der Waals surface area contributed by atoms with E-state index in [-0.39, 0.29) is 12.8 Å². The first-order chi connectivity index (χ1) is 5.82. The minimum atomic E-state index is -3.13. The monoisotopic (exact) mass is 204 g/mol. The van der Waals surface area contributed by atoms with Gasteiger partial charge in [-0.05, 0) is 12.8 Å². The maximum atomic E-state index is 11.1. The lowest BCUT2D eigenvalue weighted by Gasteiger charge is -2.04. The van der Waals surface area contributed by atoms with Gasteiger partial charge >= 0.3 is 5.97 Å². The summed E-state index contributed by atoms with van der Waals surface area (Å²) in [7, 11) is -3.13. The number of carboxylic acids is 1. The van der Waals surface area contributed by atoms with Crippen molar-refractivity contribution < 1.29 is 18.3 Å². The van der Waals surface area contributed by atoms with E-state index in [4.69, 9.17) is 5.11 Å². The highest BCUT2D eigenvalue weighted by Crippen LogP contribution is 2.33. The predicted molar refractivity (Wildman–Crippen MR) is 48.1 cm³/mol. The van der Waals surface area contributed by atoms with E-state index in [1.54, 1.807) is 0 Å². The second-order valence-corrected chi connectivity index (χ2v) is 5.77. The van der Waals surface area contributed by atoms with E-state index in [2.05, 4.69) is 6.58 Å². The van der Waals surface area contributed by atoms with E-state index < -0.39 is 27.0 Å². The van der Waals surface area contributed by atoms with Crippen molar-refractivity contribution in [2.24, 2.45) is 5.92 Å². The van der Waals surface area contributed by atoms with Crippen LogP contribution in [0.25, 0.3) is 0 Å². The molecule has 0 unspecified atom stereocenters. The highest BCUT2D eigenvalue weighted by molar-refractivity contribution is 7.91. The van der Waals surface area contributed by atoms with E-state index in [1.807, 2.05) is 0 Å². The Kier molecular flexibility index (Phi) is 2.47. The van der Waals surface area contributed by atoms with Gasteiger partial charge in [-0.25, -0.2) is 8.42 Å². The molecule has 1 fully saturated rings. The smallest absolute Gasteiger partial charge is 0.310 e. The predicted octanol–water partition coefficient (Wildman–Crippen LogP) is 0.450. The molecule has 1 N–H and O–H groups in total. The van der Waals surface area contributed by atoms with Crippen molar-refractivity contribution in [1.29, 1.82) is 0 Å². The van der Waals surface area contributed by atoms with Crippen molar-refractivity contribution in [3.8, 4) is 0 Å². The molecule has 1 saturated carbocycles. The molecule has 2 atom stereocenters. The minimum Gasteiger partial charge on any atom is -0.481 e. The van der Waals surface area contributed by atoms with Crippen LogP contribution in [0.15, 0.2) is 12.2 Å². The van der Waals surface area contributed by atoms with Gasteiger partial charge in [0.25, 0.3) is 0 Å². The van der Waals surface area contributed by atoms with Gasteiger partial charge in [-0.2, -0.15) is 0 Å². The van der Waals surface area contributed by atoms with Crippen LogP contribution in [0.4, 0.5) is 0 Å². The van der Waals surface area contributed by atoms with Crippen molar-refractivity contribution in [3.63, 3.8) is 0 Å². The van der Waals surface area contributed by atoms with Crippen LogP contribution >= 0.6 is 0 Å². The average molecular weight is 204 g/mol. The fraction of sp³-hybridized carbons (Fsp3) is 0.625. The summed E-state index contributed by atoms with van der Waals surface area (Å²) >= 11 is 0. The number of rotatable bonds is 2. The van der Waals surface area contributed by atoms with E-state index in [0.717, 1.165) is 6.26 Å². The normalized spacial score (nSPS) is 29.2. The molecule has 5 heteroatoms. The number of hydrogen-bond donors (Lipinski definition) is 1. The van der Waals surface area contributed by atoms with Crippen molar-refractivity contribution in [1.82, 2.24) is 0 Å². The summed E-state index contributed by atoms with van der Waals surface area (Å²) < 4.78 is 22.2. The van der Waals surface area contributed by atoms with Crippen LogP contribution in [0, 0.1) is 5.92 Å². The summed E-state index contributed by atoms with van der Waals surface area (Å²) in [6.07, 6.45) is 1.60. The van der Waals surface area contributed by atoms with Gasteiger partial charge in [0.1, 0.15) is 0 Å². The fourth-order valence-corrected chi connectivity index (χ4v) is 2.61. The summed E-state index contributed by atoms with van der Waals surface area (Å²) in [4.78, 5) is 10.6. The molecule has 1 rings (SSSR count). The molecule has 1 aliphatic carbocycles. The number of carbonyl (C=O) groups is 1. The maximum Gasteiger partial charge on any atom is 0.310 e. The van der Waals surface area contributed by atoms with Crippen molar-refractivity contribution in [2.75, 3.05) is 6.26 Å².